The minimum absolute atomic E-state index is 0.0905. The number of ether oxygens (including phenoxy) is 1. The van der Waals surface area contributed by atoms with Crippen molar-refractivity contribution >= 4 is 22.9 Å². The number of amides is 2. The SMILES string of the molecule is O=C(N[C@@H](Cc1c[nH]c2ccccc12)C(=O)NO)OCc1ccccc1. The summed E-state index contributed by atoms with van der Waals surface area (Å²) in [4.78, 5) is 27.1. The highest BCUT2D eigenvalue weighted by atomic mass is 16.5. The monoisotopic (exact) mass is 353 g/mol. The van der Waals surface area contributed by atoms with Gasteiger partial charge in [-0.3, -0.25) is 10.0 Å². The van der Waals surface area contributed by atoms with E-state index in [0.717, 1.165) is 22.0 Å². The van der Waals surface area contributed by atoms with Crippen molar-refractivity contribution in [1.29, 1.82) is 0 Å². The van der Waals surface area contributed by atoms with Crippen LogP contribution in [0.2, 0.25) is 0 Å². The van der Waals surface area contributed by atoms with Gasteiger partial charge in [0.25, 0.3) is 5.91 Å². The van der Waals surface area contributed by atoms with Gasteiger partial charge in [0.1, 0.15) is 12.6 Å². The lowest BCUT2D eigenvalue weighted by Gasteiger charge is -2.16. The van der Waals surface area contributed by atoms with E-state index in [-0.39, 0.29) is 13.0 Å². The molecule has 4 N–H and O–H groups in total. The van der Waals surface area contributed by atoms with E-state index in [4.69, 9.17) is 9.94 Å². The van der Waals surface area contributed by atoms with Crippen LogP contribution in [0.25, 0.3) is 10.9 Å². The fourth-order valence-corrected chi connectivity index (χ4v) is 2.71. The van der Waals surface area contributed by atoms with Gasteiger partial charge in [-0.1, -0.05) is 48.5 Å². The van der Waals surface area contributed by atoms with E-state index in [1.54, 1.807) is 11.7 Å². The summed E-state index contributed by atoms with van der Waals surface area (Å²) in [5.41, 5.74) is 4.19. The topological polar surface area (TPSA) is 103 Å². The Morgan fingerprint density at radius 2 is 1.81 bits per heavy atom. The average Bonchev–Trinajstić information content (AvgIpc) is 3.09. The van der Waals surface area contributed by atoms with Gasteiger partial charge in [-0.25, -0.2) is 10.3 Å². The van der Waals surface area contributed by atoms with Gasteiger partial charge in [0, 0.05) is 23.5 Å². The molecule has 1 heterocycles. The molecule has 3 rings (SSSR count). The summed E-state index contributed by atoms with van der Waals surface area (Å²) < 4.78 is 5.14. The maximum Gasteiger partial charge on any atom is 0.408 e. The number of carbonyl (C=O) groups excluding carboxylic acids is 2. The number of hydroxylamine groups is 1. The fourth-order valence-electron chi connectivity index (χ4n) is 2.71. The van der Waals surface area contributed by atoms with Crippen LogP contribution in [-0.4, -0.2) is 28.2 Å². The van der Waals surface area contributed by atoms with Crippen molar-refractivity contribution in [3.8, 4) is 0 Å². The molecule has 0 fully saturated rings. The molecule has 0 aliphatic heterocycles. The van der Waals surface area contributed by atoms with Crippen LogP contribution in [-0.2, 0) is 22.6 Å². The van der Waals surface area contributed by atoms with Crippen LogP contribution in [0.4, 0.5) is 4.79 Å². The van der Waals surface area contributed by atoms with E-state index in [1.807, 2.05) is 54.6 Å². The van der Waals surface area contributed by atoms with Crippen LogP contribution < -0.4 is 10.8 Å². The maximum atomic E-state index is 12.0. The van der Waals surface area contributed by atoms with Gasteiger partial charge in [0.15, 0.2) is 0 Å². The predicted octanol–water partition coefficient (Wildman–Crippen LogP) is 2.51. The highest BCUT2D eigenvalue weighted by molar-refractivity contribution is 5.87. The summed E-state index contributed by atoms with van der Waals surface area (Å²) in [5.74, 6) is -0.716. The molecular formula is C19H19N3O4. The molecule has 134 valence electrons. The number of carbonyl (C=O) groups is 2. The van der Waals surface area contributed by atoms with Crippen molar-refractivity contribution in [3.63, 3.8) is 0 Å². The number of hydrogen-bond acceptors (Lipinski definition) is 4. The molecule has 26 heavy (non-hydrogen) atoms. The standard InChI is InChI=1S/C19H19N3O4/c23-18(22-25)17(10-14-11-20-16-9-5-4-8-15(14)16)21-19(24)26-12-13-6-2-1-3-7-13/h1-9,11,17,20,25H,10,12H2,(H,21,24)(H,22,23)/t17-/m0/s1. The normalized spacial score (nSPS) is 11.7. The van der Waals surface area contributed by atoms with Gasteiger partial charge >= 0.3 is 6.09 Å². The van der Waals surface area contributed by atoms with Crippen molar-refractivity contribution in [2.75, 3.05) is 0 Å². The summed E-state index contributed by atoms with van der Waals surface area (Å²) in [6.45, 7) is 0.0905. The Balaban J connectivity index is 1.66. The smallest absolute Gasteiger partial charge is 0.408 e. The van der Waals surface area contributed by atoms with E-state index in [1.165, 1.54) is 0 Å². The van der Waals surface area contributed by atoms with E-state index in [0.29, 0.717) is 0 Å². The zero-order valence-corrected chi connectivity index (χ0v) is 13.9. The van der Waals surface area contributed by atoms with Crippen molar-refractivity contribution in [2.45, 2.75) is 19.1 Å². The third kappa shape index (κ3) is 4.20. The molecule has 7 nitrogen and oxygen atoms in total. The first-order valence-electron chi connectivity index (χ1n) is 8.13. The molecular weight excluding hydrogens is 334 g/mol. The molecule has 0 aliphatic rings. The molecule has 0 aliphatic carbocycles. The lowest BCUT2D eigenvalue weighted by molar-refractivity contribution is -0.131. The van der Waals surface area contributed by atoms with Gasteiger partial charge < -0.3 is 15.0 Å². The van der Waals surface area contributed by atoms with E-state index in [9.17, 15) is 9.59 Å². The van der Waals surface area contributed by atoms with Crippen molar-refractivity contribution in [3.05, 3.63) is 71.9 Å². The molecule has 2 amide bonds. The Hall–Kier alpha value is -3.32. The average molecular weight is 353 g/mol. The molecule has 0 saturated heterocycles. The summed E-state index contributed by atoms with van der Waals surface area (Å²) in [6.07, 6.45) is 1.25. The lowest BCUT2D eigenvalue weighted by Crippen LogP contribution is -2.47. The first-order chi connectivity index (χ1) is 12.7. The summed E-state index contributed by atoms with van der Waals surface area (Å²) >= 11 is 0. The highest BCUT2D eigenvalue weighted by Gasteiger charge is 2.23. The van der Waals surface area contributed by atoms with Crippen molar-refractivity contribution < 1.29 is 19.5 Å². The van der Waals surface area contributed by atoms with Gasteiger partial charge in [-0.2, -0.15) is 0 Å². The second-order valence-corrected chi connectivity index (χ2v) is 5.80. The molecule has 0 saturated carbocycles. The maximum absolute atomic E-state index is 12.0. The van der Waals surface area contributed by atoms with Gasteiger partial charge in [0.05, 0.1) is 0 Å². The van der Waals surface area contributed by atoms with Crippen LogP contribution >= 0.6 is 0 Å². The highest BCUT2D eigenvalue weighted by Crippen LogP contribution is 2.19. The summed E-state index contributed by atoms with van der Waals surface area (Å²) in [6, 6.07) is 15.9. The van der Waals surface area contributed by atoms with Crippen LogP contribution in [0.3, 0.4) is 0 Å². The Morgan fingerprint density at radius 1 is 1.08 bits per heavy atom. The fraction of sp³-hybridized carbons (Fsp3) is 0.158. The second-order valence-electron chi connectivity index (χ2n) is 5.80. The molecule has 1 aromatic heterocycles. The molecule has 0 spiro atoms. The zero-order chi connectivity index (χ0) is 18.4. The molecule has 3 aromatic rings. The molecule has 2 aromatic carbocycles. The summed E-state index contributed by atoms with van der Waals surface area (Å²) in [7, 11) is 0. The molecule has 0 unspecified atom stereocenters. The number of alkyl carbamates (subject to hydrolysis) is 1. The number of nitrogens with one attached hydrogen (secondary N) is 3. The van der Waals surface area contributed by atoms with E-state index < -0.39 is 18.0 Å². The quantitative estimate of drug-likeness (QED) is 0.404. The molecule has 7 heteroatoms. The van der Waals surface area contributed by atoms with Crippen molar-refractivity contribution in [2.24, 2.45) is 0 Å². The Morgan fingerprint density at radius 3 is 2.58 bits per heavy atom. The van der Waals surface area contributed by atoms with Gasteiger partial charge in [-0.05, 0) is 17.2 Å². The van der Waals surface area contributed by atoms with Crippen LogP contribution in [0.15, 0.2) is 60.8 Å². The third-order valence-corrected chi connectivity index (χ3v) is 4.03. The van der Waals surface area contributed by atoms with Gasteiger partial charge in [-0.15, -0.1) is 0 Å². The Labute approximate surface area is 149 Å². The predicted molar refractivity (Wildman–Crippen MR) is 95.5 cm³/mol. The number of benzene rings is 2. The summed E-state index contributed by atoms with van der Waals surface area (Å²) in [5, 5.41) is 12.4. The number of fused-ring (bicyclic) bond motifs is 1. The van der Waals surface area contributed by atoms with Crippen LogP contribution in [0, 0.1) is 0 Å². The number of H-pyrrole nitrogens is 1. The van der Waals surface area contributed by atoms with E-state index >= 15 is 0 Å². The minimum Gasteiger partial charge on any atom is -0.445 e. The van der Waals surface area contributed by atoms with Crippen LogP contribution in [0.5, 0.6) is 0 Å². The number of aromatic nitrogens is 1. The first-order valence-corrected chi connectivity index (χ1v) is 8.13. The Bertz CT molecular complexity index is 892. The lowest BCUT2D eigenvalue weighted by atomic mass is 10.0. The largest absolute Gasteiger partial charge is 0.445 e. The number of rotatable bonds is 6. The van der Waals surface area contributed by atoms with Crippen molar-refractivity contribution in [1.82, 2.24) is 15.8 Å². The molecule has 1 atom stereocenters. The van der Waals surface area contributed by atoms with Gasteiger partial charge in [0.2, 0.25) is 0 Å². The second kappa shape index (κ2) is 8.17. The number of para-hydroxylation sites is 1. The number of aromatic amines is 1. The molecule has 0 radical (unpaired) electrons. The van der Waals surface area contributed by atoms with Crippen LogP contribution in [0.1, 0.15) is 11.1 Å². The van der Waals surface area contributed by atoms with E-state index in [2.05, 4.69) is 10.3 Å². The third-order valence-electron chi connectivity index (χ3n) is 4.03. The minimum atomic E-state index is -0.970. The Kier molecular flexibility index (Phi) is 5.50. The molecule has 0 bridgehead atoms. The zero-order valence-electron chi connectivity index (χ0n) is 13.9. The first kappa shape index (κ1) is 17.5. The number of hydrogen-bond donors (Lipinski definition) is 4.